The summed E-state index contributed by atoms with van der Waals surface area (Å²) < 4.78 is 25.1. The average Bonchev–Trinajstić information content (AvgIpc) is 2.64. The lowest BCUT2D eigenvalue weighted by atomic mass is 10.2. The zero-order valence-electron chi connectivity index (χ0n) is 7.53. The molecule has 0 saturated carbocycles. The van der Waals surface area contributed by atoms with Crippen molar-refractivity contribution in [1.29, 1.82) is 0 Å². The van der Waals surface area contributed by atoms with E-state index in [0.717, 1.165) is 10.9 Å². The van der Waals surface area contributed by atoms with Crippen molar-refractivity contribution < 1.29 is 8.42 Å². The third-order valence-electron chi connectivity index (χ3n) is 2.03. The molecule has 2 rings (SSSR count). The fourth-order valence-corrected chi connectivity index (χ4v) is 2.00. The number of fused-ring (bicyclic) bond motifs is 1. The highest BCUT2D eigenvalue weighted by Crippen LogP contribution is 2.16. The summed E-state index contributed by atoms with van der Waals surface area (Å²) in [5.41, 5.74) is 0.765. The third kappa shape index (κ3) is 1.40. The van der Waals surface area contributed by atoms with Gasteiger partial charge in [-0.15, -0.1) is 0 Å². The van der Waals surface area contributed by atoms with Gasteiger partial charge in [0, 0.05) is 23.2 Å². The number of aromatic amines is 1. The molecule has 0 amide bonds. The second-order valence-electron chi connectivity index (χ2n) is 2.85. The van der Waals surface area contributed by atoms with Crippen molar-refractivity contribution in [1.82, 2.24) is 9.71 Å². The quantitative estimate of drug-likeness (QED) is 0.771. The molecule has 1 aromatic carbocycles. The molecule has 0 aliphatic carbocycles. The van der Waals surface area contributed by atoms with Crippen LogP contribution in [0.15, 0.2) is 29.3 Å². The van der Waals surface area contributed by atoms with Crippen LogP contribution in [-0.4, -0.2) is 20.4 Å². The summed E-state index contributed by atoms with van der Waals surface area (Å²) in [5.74, 6) is 0. The third-order valence-corrected chi connectivity index (χ3v) is 3.44. The van der Waals surface area contributed by atoms with Crippen LogP contribution in [0.4, 0.5) is 0 Å². The number of hydrogen-bond donors (Lipinski definition) is 2. The molecule has 0 fully saturated rings. The zero-order chi connectivity index (χ0) is 10.2. The number of benzene rings is 1. The standard InChI is InChI=1S/C9H9N2O2S/c1-10-14(12,13)8-3-2-7-4-5-11-9(7)6-8/h2-3,5-6,10-11H,1H3. The van der Waals surface area contributed by atoms with E-state index in [1.165, 1.54) is 7.05 Å². The molecule has 1 aromatic heterocycles. The summed E-state index contributed by atoms with van der Waals surface area (Å²) in [4.78, 5) is 3.16. The van der Waals surface area contributed by atoms with Gasteiger partial charge in [-0.25, -0.2) is 13.1 Å². The SMILES string of the molecule is CNS(=O)(=O)c1ccc2[c]c[nH]c2c1. The number of H-pyrrole nitrogens is 1. The van der Waals surface area contributed by atoms with E-state index in [4.69, 9.17) is 0 Å². The van der Waals surface area contributed by atoms with Crippen molar-refractivity contribution in [3.05, 3.63) is 30.5 Å². The minimum atomic E-state index is -3.35. The molecular weight excluding hydrogens is 200 g/mol. The topological polar surface area (TPSA) is 62.0 Å². The van der Waals surface area contributed by atoms with E-state index in [1.807, 2.05) is 0 Å². The van der Waals surface area contributed by atoms with E-state index in [1.54, 1.807) is 24.4 Å². The zero-order valence-corrected chi connectivity index (χ0v) is 8.35. The van der Waals surface area contributed by atoms with Gasteiger partial charge in [-0.1, -0.05) is 6.07 Å². The van der Waals surface area contributed by atoms with E-state index in [0.29, 0.717) is 0 Å². The first-order valence-electron chi connectivity index (χ1n) is 4.06. The molecule has 0 atom stereocenters. The molecule has 0 spiro atoms. The normalized spacial score (nSPS) is 12.1. The summed E-state index contributed by atoms with van der Waals surface area (Å²) >= 11 is 0. The van der Waals surface area contributed by atoms with Gasteiger partial charge in [-0.2, -0.15) is 0 Å². The Bertz CT molecular complexity index is 557. The van der Waals surface area contributed by atoms with Crippen molar-refractivity contribution in [3.8, 4) is 0 Å². The van der Waals surface area contributed by atoms with Crippen LogP contribution >= 0.6 is 0 Å². The van der Waals surface area contributed by atoms with Gasteiger partial charge in [0.1, 0.15) is 0 Å². The van der Waals surface area contributed by atoms with Crippen LogP contribution in [0.25, 0.3) is 10.9 Å². The maximum Gasteiger partial charge on any atom is 0.240 e. The molecule has 0 saturated heterocycles. The fourth-order valence-electron chi connectivity index (χ4n) is 1.25. The monoisotopic (exact) mass is 209 g/mol. The van der Waals surface area contributed by atoms with Gasteiger partial charge < -0.3 is 4.98 Å². The van der Waals surface area contributed by atoms with Crippen LogP contribution in [-0.2, 0) is 10.0 Å². The van der Waals surface area contributed by atoms with Crippen molar-refractivity contribution in [2.24, 2.45) is 0 Å². The molecule has 14 heavy (non-hydrogen) atoms. The first kappa shape index (κ1) is 9.23. The highest BCUT2D eigenvalue weighted by atomic mass is 32.2. The van der Waals surface area contributed by atoms with Crippen LogP contribution in [0.5, 0.6) is 0 Å². The molecule has 0 bridgehead atoms. The molecule has 2 N–H and O–H groups in total. The van der Waals surface area contributed by atoms with Gasteiger partial charge in [0.25, 0.3) is 0 Å². The van der Waals surface area contributed by atoms with Crippen LogP contribution < -0.4 is 4.72 Å². The van der Waals surface area contributed by atoms with Gasteiger partial charge in [-0.3, -0.25) is 0 Å². The van der Waals surface area contributed by atoms with Crippen molar-refractivity contribution in [3.63, 3.8) is 0 Å². The Hall–Kier alpha value is -1.33. The highest BCUT2D eigenvalue weighted by molar-refractivity contribution is 7.89. The van der Waals surface area contributed by atoms with Gasteiger partial charge in [0.05, 0.1) is 4.90 Å². The summed E-state index contributed by atoms with van der Waals surface area (Å²) in [7, 11) is -1.96. The smallest absolute Gasteiger partial charge is 0.240 e. The van der Waals surface area contributed by atoms with Gasteiger partial charge in [-0.05, 0) is 19.2 Å². The number of aromatic nitrogens is 1. The van der Waals surface area contributed by atoms with Crippen LogP contribution in [0.3, 0.4) is 0 Å². The lowest BCUT2D eigenvalue weighted by Gasteiger charge is -2.01. The van der Waals surface area contributed by atoms with Crippen molar-refractivity contribution >= 4 is 20.9 Å². The largest absolute Gasteiger partial charge is 0.361 e. The molecule has 1 radical (unpaired) electrons. The van der Waals surface area contributed by atoms with E-state index < -0.39 is 10.0 Å². The van der Waals surface area contributed by atoms with Gasteiger partial charge in [0.15, 0.2) is 0 Å². The van der Waals surface area contributed by atoms with Crippen molar-refractivity contribution in [2.75, 3.05) is 7.05 Å². The Kier molecular flexibility index (Phi) is 2.05. The Morgan fingerprint density at radius 2 is 2.21 bits per heavy atom. The van der Waals surface area contributed by atoms with E-state index in [2.05, 4.69) is 15.8 Å². The summed E-state index contributed by atoms with van der Waals surface area (Å²) in [5, 5.41) is 0.875. The maximum absolute atomic E-state index is 11.4. The molecule has 0 aliphatic heterocycles. The molecular formula is C9H9N2O2S. The number of nitrogens with one attached hydrogen (secondary N) is 2. The summed E-state index contributed by atoms with van der Waals surface area (Å²) in [6.45, 7) is 0. The Labute approximate surface area is 82.0 Å². The Balaban J connectivity index is 2.65. The average molecular weight is 209 g/mol. The lowest BCUT2D eigenvalue weighted by Crippen LogP contribution is -2.18. The minimum Gasteiger partial charge on any atom is -0.361 e. The molecule has 73 valence electrons. The highest BCUT2D eigenvalue weighted by Gasteiger charge is 2.11. The molecule has 5 heteroatoms. The first-order valence-corrected chi connectivity index (χ1v) is 5.54. The Morgan fingerprint density at radius 1 is 1.43 bits per heavy atom. The van der Waals surface area contributed by atoms with Crippen LogP contribution in [0.1, 0.15) is 0 Å². The fraction of sp³-hybridized carbons (Fsp3) is 0.111. The summed E-state index contributed by atoms with van der Waals surface area (Å²) in [6.07, 6.45) is 1.65. The van der Waals surface area contributed by atoms with E-state index in [9.17, 15) is 8.42 Å². The minimum absolute atomic E-state index is 0.253. The second-order valence-corrected chi connectivity index (χ2v) is 4.73. The van der Waals surface area contributed by atoms with E-state index >= 15 is 0 Å². The molecule has 1 heterocycles. The first-order chi connectivity index (χ1) is 6.63. The van der Waals surface area contributed by atoms with Crippen molar-refractivity contribution in [2.45, 2.75) is 4.90 Å². The predicted molar refractivity (Wildman–Crippen MR) is 53.4 cm³/mol. The van der Waals surface area contributed by atoms with Gasteiger partial charge >= 0.3 is 0 Å². The van der Waals surface area contributed by atoms with E-state index in [-0.39, 0.29) is 4.90 Å². The molecule has 2 aromatic rings. The lowest BCUT2D eigenvalue weighted by molar-refractivity contribution is 0.588. The second kappa shape index (κ2) is 3.11. The number of rotatable bonds is 2. The van der Waals surface area contributed by atoms with Gasteiger partial charge in [0.2, 0.25) is 10.0 Å². The number of hydrogen-bond acceptors (Lipinski definition) is 2. The predicted octanol–water partition coefficient (Wildman–Crippen LogP) is 0.876. The molecule has 4 nitrogen and oxygen atoms in total. The molecule has 0 unspecified atom stereocenters. The number of sulfonamides is 1. The van der Waals surface area contributed by atoms with Crippen LogP contribution in [0.2, 0.25) is 0 Å². The maximum atomic E-state index is 11.4. The Morgan fingerprint density at radius 3 is 2.93 bits per heavy atom. The van der Waals surface area contributed by atoms with Crippen LogP contribution in [0, 0.1) is 6.07 Å². The molecule has 0 aliphatic rings. The summed E-state index contributed by atoms with van der Waals surface area (Å²) in [6, 6.07) is 7.80.